The Bertz CT molecular complexity index is 656. The van der Waals surface area contributed by atoms with Gasteiger partial charge in [-0.3, -0.25) is 0 Å². The zero-order valence-corrected chi connectivity index (χ0v) is 19.5. The Morgan fingerprint density at radius 3 is 2.18 bits per heavy atom. The molecule has 2 nitrogen and oxygen atoms in total. The highest BCUT2D eigenvalue weighted by Gasteiger charge is 2.63. The van der Waals surface area contributed by atoms with E-state index in [2.05, 4.69) is 58.9 Å². The molecule has 0 unspecified atom stereocenters. The van der Waals surface area contributed by atoms with Crippen molar-refractivity contribution in [1.82, 2.24) is 0 Å². The highest BCUT2D eigenvalue weighted by atomic mass is 31.2. The normalized spacial score (nSPS) is 36.3. The van der Waals surface area contributed by atoms with Crippen LogP contribution in [0.15, 0.2) is 24.3 Å². The van der Waals surface area contributed by atoms with Gasteiger partial charge in [0.25, 0.3) is 0 Å². The highest BCUT2D eigenvalue weighted by molar-refractivity contribution is 7.85. The average Bonchev–Trinajstić information content (AvgIpc) is 3.31. The van der Waals surface area contributed by atoms with Gasteiger partial charge in [0, 0.05) is 5.56 Å². The third-order valence-electron chi connectivity index (χ3n) is 8.23. The van der Waals surface area contributed by atoms with Crippen molar-refractivity contribution in [1.29, 1.82) is 0 Å². The Morgan fingerprint density at radius 2 is 1.54 bits per heavy atom. The van der Waals surface area contributed by atoms with Gasteiger partial charge in [-0.1, -0.05) is 39.3 Å². The summed E-state index contributed by atoms with van der Waals surface area (Å²) in [6.07, 6.45) is 6.90. The number of benzene rings is 1. The van der Waals surface area contributed by atoms with E-state index in [0.29, 0.717) is 0 Å². The molecule has 156 valence electrons. The molecule has 1 aromatic rings. The zero-order chi connectivity index (χ0) is 19.9. The Labute approximate surface area is 173 Å². The van der Waals surface area contributed by atoms with Gasteiger partial charge >= 0.3 is 0 Å². The van der Waals surface area contributed by atoms with Crippen LogP contribution in [0.4, 0.5) is 0 Å². The second-order valence-corrected chi connectivity index (χ2v) is 14.7. The molecule has 2 saturated heterocycles. The van der Waals surface area contributed by atoms with Crippen LogP contribution >= 0.6 is 7.26 Å². The van der Waals surface area contributed by atoms with Crippen LogP contribution in [0.25, 0.3) is 0 Å². The highest BCUT2D eigenvalue weighted by Crippen LogP contribution is 2.78. The molecule has 4 rings (SSSR count). The summed E-state index contributed by atoms with van der Waals surface area (Å²) in [4.78, 5) is 0. The quantitative estimate of drug-likeness (QED) is 0.541. The first-order valence-electron chi connectivity index (χ1n) is 11.7. The fraction of sp³-hybridized carbons (Fsp3) is 0.760. The minimum absolute atomic E-state index is 0.147. The van der Waals surface area contributed by atoms with E-state index in [0.717, 1.165) is 47.9 Å². The van der Waals surface area contributed by atoms with Crippen LogP contribution in [0.5, 0.6) is 0 Å². The van der Waals surface area contributed by atoms with Gasteiger partial charge in [-0.25, -0.2) is 0 Å². The Morgan fingerprint density at radius 1 is 0.893 bits per heavy atom. The molecular formula is C25H40O2P+. The first-order chi connectivity index (χ1) is 13.5. The monoisotopic (exact) mass is 403 g/mol. The van der Waals surface area contributed by atoms with Crippen molar-refractivity contribution in [2.45, 2.75) is 90.0 Å². The second kappa shape index (κ2) is 8.37. The molecule has 3 fully saturated rings. The van der Waals surface area contributed by atoms with Crippen LogP contribution in [0.2, 0.25) is 0 Å². The van der Waals surface area contributed by atoms with Gasteiger partial charge in [0.1, 0.15) is 5.30 Å². The summed E-state index contributed by atoms with van der Waals surface area (Å²) in [7, 11) is -1.35. The van der Waals surface area contributed by atoms with Crippen molar-refractivity contribution in [3.05, 3.63) is 29.8 Å². The second-order valence-electron chi connectivity index (χ2n) is 10.1. The number of rotatable bonds is 4. The molecule has 2 heterocycles. The van der Waals surface area contributed by atoms with E-state index in [1.54, 1.807) is 5.30 Å². The smallest absolute Gasteiger partial charge is 0.187 e. The van der Waals surface area contributed by atoms with Gasteiger partial charge in [0.05, 0.1) is 37.5 Å². The zero-order valence-electron chi connectivity index (χ0n) is 18.6. The molecule has 0 spiro atoms. The molecule has 0 bridgehead atoms. The molecule has 3 heteroatoms. The van der Waals surface area contributed by atoms with Crippen molar-refractivity contribution >= 4 is 12.6 Å². The summed E-state index contributed by atoms with van der Waals surface area (Å²) in [6.45, 7) is 14.1. The minimum atomic E-state index is -1.35. The van der Waals surface area contributed by atoms with Crippen molar-refractivity contribution in [3.63, 3.8) is 0 Å². The summed E-state index contributed by atoms with van der Waals surface area (Å²) in [5.41, 5.74) is 3.86. The van der Waals surface area contributed by atoms with E-state index in [1.165, 1.54) is 37.7 Å². The summed E-state index contributed by atoms with van der Waals surface area (Å²) in [5.74, 6) is 2.51. The van der Waals surface area contributed by atoms with E-state index >= 15 is 0 Å². The predicted octanol–water partition coefficient (Wildman–Crippen LogP) is 6.41. The van der Waals surface area contributed by atoms with Crippen LogP contribution in [0.3, 0.4) is 0 Å². The number of ether oxygens (including phenoxy) is 2. The fourth-order valence-corrected chi connectivity index (χ4v) is 14.3. The van der Waals surface area contributed by atoms with Crippen molar-refractivity contribution in [2.24, 2.45) is 17.8 Å². The Kier molecular flexibility index (Phi) is 6.22. The lowest BCUT2D eigenvalue weighted by atomic mass is 9.77. The lowest BCUT2D eigenvalue weighted by Gasteiger charge is -2.47. The van der Waals surface area contributed by atoms with Gasteiger partial charge in [0.2, 0.25) is 0 Å². The summed E-state index contributed by atoms with van der Waals surface area (Å²) < 4.78 is 12.1. The fourth-order valence-electron chi connectivity index (χ4n) is 6.87. The molecule has 2 aliphatic heterocycles. The van der Waals surface area contributed by atoms with Crippen molar-refractivity contribution in [2.75, 3.05) is 13.2 Å². The summed E-state index contributed by atoms with van der Waals surface area (Å²) in [5, 5.41) is 1.66. The third kappa shape index (κ3) is 3.38. The maximum absolute atomic E-state index is 6.03. The predicted molar refractivity (Wildman–Crippen MR) is 121 cm³/mol. The molecule has 1 aliphatic carbocycles. The minimum Gasteiger partial charge on any atom is -0.346 e. The molecule has 0 amide bonds. The van der Waals surface area contributed by atoms with Crippen LogP contribution in [0.1, 0.15) is 78.6 Å². The molecule has 1 aromatic carbocycles. The molecule has 3 aliphatic rings. The van der Waals surface area contributed by atoms with Gasteiger partial charge in [-0.05, 0) is 69.4 Å². The van der Waals surface area contributed by atoms with E-state index < -0.39 is 7.26 Å². The standard InChI is InChI=1S/C25H40O2P/c1-17(2)21-13-10-18(3)16-24(21)28(19(4)11-12-20(28)5)23-9-7-6-8-22(23)25-26-14-15-27-25/h6-9,17-21,24-25H,10-16H2,1-5H3/q+1/t18-,19-,20-,21+,24-/m0/s1. The lowest BCUT2D eigenvalue weighted by molar-refractivity contribution is -0.0433. The van der Waals surface area contributed by atoms with Crippen LogP contribution in [0, 0.1) is 17.8 Å². The van der Waals surface area contributed by atoms with Gasteiger partial charge in [-0.2, -0.15) is 0 Å². The molecule has 0 aromatic heterocycles. The molecule has 0 radical (unpaired) electrons. The van der Waals surface area contributed by atoms with Gasteiger partial charge in [0.15, 0.2) is 6.29 Å². The van der Waals surface area contributed by atoms with E-state index in [-0.39, 0.29) is 6.29 Å². The first-order valence-corrected chi connectivity index (χ1v) is 13.7. The maximum atomic E-state index is 6.03. The van der Waals surface area contributed by atoms with E-state index in [4.69, 9.17) is 9.47 Å². The topological polar surface area (TPSA) is 18.5 Å². The van der Waals surface area contributed by atoms with E-state index in [9.17, 15) is 0 Å². The summed E-state index contributed by atoms with van der Waals surface area (Å²) in [6, 6.07) is 9.25. The molecule has 1 saturated carbocycles. The number of hydrogen-bond donors (Lipinski definition) is 0. The van der Waals surface area contributed by atoms with Crippen molar-refractivity contribution < 1.29 is 9.47 Å². The average molecular weight is 404 g/mol. The van der Waals surface area contributed by atoms with Crippen LogP contribution in [-0.2, 0) is 9.47 Å². The molecule has 28 heavy (non-hydrogen) atoms. The maximum Gasteiger partial charge on any atom is 0.187 e. The third-order valence-corrected chi connectivity index (χ3v) is 14.6. The SMILES string of the molecule is CC(C)[C@H]1CC[C@H](C)C[C@@H]1[P+]1(c2ccccc2C2OCCO2)[C@@H](C)CC[C@@H]1C. The molecular weight excluding hydrogens is 363 g/mol. The van der Waals surface area contributed by atoms with Crippen LogP contribution < -0.4 is 5.30 Å². The summed E-state index contributed by atoms with van der Waals surface area (Å²) >= 11 is 0. The van der Waals surface area contributed by atoms with Crippen LogP contribution in [-0.4, -0.2) is 30.2 Å². The molecule has 5 atom stereocenters. The largest absolute Gasteiger partial charge is 0.346 e. The number of hydrogen-bond acceptors (Lipinski definition) is 2. The van der Waals surface area contributed by atoms with E-state index in [1.807, 2.05) is 0 Å². The van der Waals surface area contributed by atoms with Gasteiger partial charge < -0.3 is 9.47 Å². The Hall–Kier alpha value is -0.430. The Balaban J connectivity index is 1.87. The first kappa shape index (κ1) is 20.8. The lowest BCUT2D eigenvalue weighted by Crippen LogP contribution is -2.43. The molecule has 0 N–H and O–H groups in total. The van der Waals surface area contributed by atoms with Gasteiger partial charge in [-0.15, -0.1) is 0 Å². The van der Waals surface area contributed by atoms with Crippen molar-refractivity contribution in [3.8, 4) is 0 Å².